The third-order valence-corrected chi connectivity index (χ3v) is 10.8. The average molecular weight is 745 g/mol. The lowest BCUT2D eigenvalue weighted by Gasteiger charge is -2.23. The zero-order chi connectivity index (χ0) is 37.5. The van der Waals surface area contributed by atoms with Gasteiger partial charge in [0.1, 0.15) is 0 Å². The van der Waals surface area contributed by atoms with Crippen molar-refractivity contribution in [1.29, 1.82) is 0 Å². The molecule has 9 heteroatoms. The van der Waals surface area contributed by atoms with Gasteiger partial charge in [0.2, 0.25) is 5.91 Å². The molecule has 3 atom stereocenters. The maximum absolute atomic E-state index is 12.7. The van der Waals surface area contributed by atoms with Crippen molar-refractivity contribution in [2.75, 3.05) is 19.8 Å². The molecule has 1 amide bonds. The third-order valence-electron chi connectivity index (χ3n) is 9.86. The number of hydrogen-bond donors (Lipinski definition) is 4. The first-order chi connectivity index (χ1) is 24.9. The van der Waals surface area contributed by atoms with Crippen LogP contribution in [0.25, 0.3) is 0 Å². The molecule has 0 radical (unpaired) electrons. The van der Waals surface area contributed by atoms with Gasteiger partial charge in [-0.05, 0) is 19.3 Å². The van der Waals surface area contributed by atoms with Crippen molar-refractivity contribution in [3.63, 3.8) is 0 Å². The van der Waals surface area contributed by atoms with Crippen LogP contribution in [0.4, 0.5) is 0 Å². The van der Waals surface area contributed by atoms with Gasteiger partial charge < -0.3 is 21.1 Å². The second-order valence-electron chi connectivity index (χ2n) is 14.9. The maximum atomic E-state index is 12.7. The van der Waals surface area contributed by atoms with Crippen molar-refractivity contribution in [3.8, 4) is 0 Å². The Balaban J connectivity index is 4.03. The Bertz CT molecular complexity index is 814. The van der Waals surface area contributed by atoms with Gasteiger partial charge in [-0.1, -0.05) is 206 Å². The highest BCUT2D eigenvalue weighted by molar-refractivity contribution is 7.47. The number of nitrogens with two attached hydrogens (primary N) is 1. The summed E-state index contributed by atoms with van der Waals surface area (Å²) in [6.45, 7) is 4.13. The number of amides is 1. The molecule has 51 heavy (non-hydrogen) atoms. The fraction of sp³-hybridized carbons (Fsp3) is 0.929. The average Bonchev–Trinajstić information content (AvgIpc) is 3.12. The van der Waals surface area contributed by atoms with Gasteiger partial charge in [0, 0.05) is 13.0 Å². The zero-order valence-electron chi connectivity index (χ0n) is 33.6. The molecular weight excluding hydrogens is 659 g/mol. The van der Waals surface area contributed by atoms with Crippen LogP contribution < -0.4 is 11.1 Å². The maximum Gasteiger partial charge on any atom is 0.472 e. The smallest absolute Gasteiger partial charge is 0.387 e. The predicted octanol–water partition coefficient (Wildman–Crippen LogP) is 12.0. The summed E-state index contributed by atoms with van der Waals surface area (Å²) in [6.07, 6.45) is 42.7. The predicted molar refractivity (Wildman–Crippen MR) is 217 cm³/mol. The SMILES string of the molecule is CCCCCCCCCC/C=C/[C@@H](O)[C@H](COP(=O)(O)OCCN)NC(=O)CCCCCCCCCCCCCCCCCCCCCCCC. The van der Waals surface area contributed by atoms with Gasteiger partial charge in [-0.25, -0.2) is 4.57 Å². The fourth-order valence-electron chi connectivity index (χ4n) is 6.54. The highest BCUT2D eigenvalue weighted by Gasteiger charge is 2.26. The normalized spacial score (nSPS) is 14.2. The number of aliphatic hydroxyl groups excluding tert-OH is 1. The monoisotopic (exact) mass is 745 g/mol. The highest BCUT2D eigenvalue weighted by Crippen LogP contribution is 2.43. The van der Waals surface area contributed by atoms with Gasteiger partial charge in [0.25, 0.3) is 0 Å². The van der Waals surface area contributed by atoms with E-state index in [1.54, 1.807) is 6.08 Å². The van der Waals surface area contributed by atoms with E-state index in [1.165, 1.54) is 161 Å². The summed E-state index contributed by atoms with van der Waals surface area (Å²) < 4.78 is 22.1. The molecule has 1 unspecified atom stereocenters. The van der Waals surface area contributed by atoms with E-state index in [2.05, 4.69) is 19.2 Å². The molecule has 0 fully saturated rings. The first-order valence-corrected chi connectivity index (χ1v) is 23.3. The van der Waals surface area contributed by atoms with Crippen LogP contribution >= 0.6 is 7.82 Å². The summed E-state index contributed by atoms with van der Waals surface area (Å²) in [6, 6.07) is -0.853. The molecule has 0 saturated carbocycles. The number of phosphoric acid groups is 1. The number of hydrogen-bond acceptors (Lipinski definition) is 6. The summed E-state index contributed by atoms with van der Waals surface area (Å²) in [5.41, 5.74) is 5.36. The minimum absolute atomic E-state index is 0.0811. The van der Waals surface area contributed by atoms with Crippen molar-refractivity contribution >= 4 is 13.7 Å². The van der Waals surface area contributed by atoms with Crippen molar-refractivity contribution in [3.05, 3.63) is 12.2 Å². The molecule has 0 aromatic carbocycles. The third kappa shape index (κ3) is 37.4. The summed E-state index contributed by atoms with van der Waals surface area (Å²) in [5.74, 6) is -0.192. The van der Waals surface area contributed by atoms with Crippen molar-refractivity contribution in [2.45, 2.75) is 231 Å². The molecule has 0 bridgehead atoms. The largest absolute Gasteiger partial charge is 0.472 e. The highest BCUT2D eigenvalue weighted by atomic mass is 31.2. The zero-order valence-corrected chi connectivity index (χ0v) is 34.5. The van der Waals surface area contributed by atoms with E-state index in [-0.39, 0.29) is 25.7 Å². The summed E-state index contributed by atoms with van der Waals surface area (Å²) in [7, 11) is -4.33. The van der Waals surface area contributed by atoms with Crippen LogP contribution in [0.2, 0.25) is 0 Å². The first kappa shape index (κ1) is 50.2. The molecule has 0 heterocycles. The number of nitrogens with one attached hydrogen (secondary N) is 1. The van der Waals surface area contributed by atoms with Gasteiger partial charge >= 0.3 is 7.82 Å². The Morgan fingerprint density at radius 3 is 1.39 bits per heavy atom. The number of phosphoric ester groups is 1. The summed E-state index contributed by atoms with van der Waals surface area (Å²) in [5, 5.41) is 13.6. The Labute approximate surface area is 315 Å². The fourth-order valence-corrected chi connectivity index (χ4v) is 7.30. The summed E-state index contributed by atoms with van der Waals surface area (Å²) in [4.78, 5) is 22.6. The quantitative estimate of drug-likeness (QED) is 0.0278. The molecule has 0 aromatic rings. The summed E-state index contributed by atoms with van der Waals surface area (Å²) >= 11 is 0. The number of carbonyl (C=O) groups is 1. The van der Waals surface area contributed by atoms with Crippen molar-refractivity contribution < 1.29 is 28.4 Å². The van der Waals surface area contributed by atoms with Crippen LogP contribution in [0.1, 0.15) is 219 Å². The molecule has 8 nitrogen and oxygen atoms in total. The molecule has 0 spiro atoms. The van der Waals surface area contributed by atoms with Gasteiger partial charge in [0.15, 0.2) is 0 Å². The lowest BCUT2D eigenvalue weighted by atomic mass is 10.0. The minimum atomic E-state index is -4.33. The van der Waals surface area contributed by atoms with Crippen LogP contribution in [-0.4, -0.2) is 47.8 Å². The number of aliphatic hydroxyl groups is 1. The van der Waals surface area contributed by atoms with Crippen LogP contribution in [0.3, 0.4) is 0 Å². The van der Waals surface area contributed by atoms with E-state index < -0.39 is 20.0 Å². The Hall–Kier alpha value is -0.760. The molecule has 0 aliphatic heterocycles. The second-order valence-corrected chi connectivity index (χ2v) is 16.4. The van der Waals surface area contributed by atoms with Gasteiger partial charge in [0.05, 0.1) is 25.4 Å². The van der Waals surface area contributed by atoms with Crippen molar-refractivity contribution in [2.24, 2.45) is 5.73 Å². The van der Waals surface area contributed by atoms with Gasteiger partial charge in [-0.15, -0.1) is 0 Å². The van der Waals surface area contributed by atoms with E-state index in [0.717, 1.165) is 38.5 Å². The molecule has 0 rings (SSSR count). The topological polar surface area (TPSA) is 131 Å². The second kappa shape index (κ2) is 38.9. The van der Waals surface area contributed by atoms with E-state index in [1.807, 2.05) is 6.08 Å². The molecule has 304 valence electrons. The Kier molecular flexibility index (Phi) is 38.4. The molecule has 0 aliphatic rings. The molecule has 0 aromatic heterocycles. The van der Waals surface area contributed by atoms with Gasteiger partial charge in [-0.3, -0.25) is 13.8 Å². The van der Waals surface area contributed by atoms with E-state index >= 15 is 0 Å². The van der Waals surface area contributed by atoms with Crippen molar-refractivity contribution in [1.82, 2.24) is 5.32 Å². The molecule has 0 aliphatic carbocycles. The first-order valence-electron chi connectivity index (χ1n) is 21.8. The van der Waals surface area contributed by atoms with E-state index in [4.69, 9.17) is 14.8 Å². The standard InChI is InChI=1S/C42H85N2O6P/c1-3-5-7-9-11-13-15-16-17-18-19-20-21-22-23-24-25-26-28-30-32-34-36-42(46)44-40(39-50-51(47,48)49-38-37-43)41(45)35-33-31-29-27-14-12-10-8-6-4-2/h33,35,40-41,45H,3-32,34,36-39,43H2,1-2H3,(H,44,46)(H,47,48)/b35-33+/t40-,41+/m0/s1. The van der Waals surface area contributed by atoms with Crippen LogP contribution in [-0.2, 0) is 18.4 Å². The number of unbranched alkanes of at least 4 members (excludes halogenated alkanes) is 29. The van der Waals surface area contributed by atoms with E-state index in [9.17, 15) is 19.4 Å². The van der Waals surface area contributed by atoms with Crippen LogP contribution in [0.5, 0.6) is 0 Å². The number of rotatable bonds is 41. The minimum Gasteiger partial charge on any atom is -0.387 e. The van der Waals surface area contributed by atoms with E-state index in [0.29, 0.717) is 6.42 Å². The molecule has 5 N–H and O–H groups in total. The Morgan fingerprint density at radius 2 is 1.00 bits per heavy atom. The lowest BCUT2D eigenvalue weighted by molar-refractivity contribution is -0.123. The Morgan fingerprint density at radius 1 is 0.627 bits per heavy atom. The van der Waals surface area contributed by atoms with Gasteiger partial charge in [-0.2, -0.15) is 0 Å². The molecule has 0 saturated heterocycles. The lowest BCUT2D eigenvalue weighted by Crippen LogP contribution is -2.45. The van der Waals surface area contributed by atoms with Crippen LogP contribution in [0, 0.1) is 0 Å². The number of carbonyl (C=O) groups excluding carboxylic acids is 1. The molecular formula is C42H85N2O6P. The number of allylic oxidation sites excluding steroid dienone is 1. The van der Waals surface area contributed by atoms with Crippen LogP contribution in [0.15, 0.2) is 12.2 Å².